The molecule has 0 aliphatic rings. The van der Waals surface area contributed by atoms with Gasteiger partial charge in [0.25, 0.3) is 0 Å². The highest BCUT2D eigenvalue weighted by Crippen LogP contribution is 2.36. The van der Waals surface area contributed by atoms with Gasteiger partial charge in [-0.3, -0.25) is 0 Å². The third kappa shape index (κ3) is 2.76. The molecule has 2 aromatic rings. The first-order valence-electron chi connectivity index (χ1n) is 7.62. The predicted octanol–water partition coefficient (Wildman–Crippen LogP) is 5.10. The van der Waals surface area contributed by atoms with E-state index in [-0.39, 0.29) is 11.5 Å². The van der Waals surface area contributed by atoms with Gasteiger partial charge in [0.15, 0.2) is 0 Å². The summed E-state index contributed by atoms with van der Waals surface area (Å²) in [7, 11) is 0. The molecule has 0 fully saturated rings. The van der Waals surface area contributed by atoms with Crippen LogP contribution in [0.5, 0.6) is 0 Å². The lowest BCUT2D eigenvalue weighted by molar-refractivity contribution is 0.443. The summed E-state index contributed by atoms with van der Waals surface area (Å²) in [6.45, 7) is 14.2. The molecule has 2 rings (SSSR count). The zero-order valence-electron chi connectivity index (χ0n) is 13.6. The Hall–Kier alpha value is -1.28. The van der Waals surface area contributed by atoms with Gasteiger partial charge in [0.05, 0.1) is 6.04 Å². The molecular weight excluding hydrogens is 246 g/mol. The van der Waals surface area contributed by atoms with Gasteiger partial charge in [0, 0.05) is 10.9 Å². The number of aryl methyl sites for hydroxylation is 1. The summed E-state index contributed by atoms with van der Waals surface area (Å²) in [6, 6.07) is 6.74. The van der Waals surface area contributed by atoms with Crippen molar-refractivity contribution in [3.63, 3.8) is 0 Å². The molecule has 110 valence electrons. The SMILES string of the molecule is CCCNC(C)c1oc2c(C(C)(C)C)cccc2c1C. The Morgan fingerprint density at radius 1 is 1.25 bits per heavy atom. The standard InChI is InChI=1S/C18H27NO/c1-7-11-19-13(3)16-12(2)14-9-8-10-15(17(14)20-16)18(4,5)6/h8-10,13,19H,7,11H2,1-6H3. The molecule has 0 amide bonds. The number of hydrogen-bond acceptors (Lipinski definition) is 2. The third-order valence-electron chi connectivity index (χ3n) is 3.90. The Morgan fingerprint density at radius 3 is 2.55 bits per heavy atom. The van der Waals surface area contributed by atoms with Crippen LogP contribution in [0, 0.1) is 6.92 Å². The van der Waals surface area contributed by atoms with E-state index in [0.717, 1.165) is 24.3 Å². The molecule has 1 heterocycles. The molecule has 1 atom stereocenters. The van der Waals surface area contributed by atoms with Crippen molar-refractivity contribution < 1.29 is 4.42 Å². The lowest BCUT2D eigenvalue weighted by Gasteiger charge is -2.19. The molecule has 0 aliphatic carbocycles. The molecule has 2 heteroatoms. The number of rotatable bonds is 4. The van der Waals surface area contributed by atoms with E-state index in [1.807, 2.05) is 0 Å². The fourth-order valence-electron chi connectivity index (χ4n) is 2.72. The molecule has 1 aromatic heterocycles. The van der Waals surface area contributed by atoms with Crippen molar-refractivity contribution in [2.24, 2.45) is 0 Å². The monoisotopic (exact) mass is 273 g/mol. The first-order chi connectivity index (χ1) is 9.36. The van der Waals surface area contributed by atoms with Crippen LogP contribution in [-0.2, 0) is 5.41 Å². The van der Waals surface area contributed by atoms with Crippen LogP contribution in [0.4, 0.5) is 0 Å². The van der Waals surface area contributed by atoms with Crippen molar-refractivity contribution in [2.75, 3.05) is 6.54 Å². The van der Waals surface area contributed by atoms with E-state index in [1.54, 1.807) is 0 Å². The molecule has 0 aliphatic heterocycles. The average Bonchev–Trinajstić information content (AvgIpc) is 2.72. The fraction of sp³-hybridized carbons (Fsp3) is 0.556. The van der Waals surface area contributed by atoms with E-state index in [9.17, 15) is 0 Å². The lowest BCUT2D eigenvalue weighted by atomic mass is 9.86. The molecule has 2 nitrogen and oxygen atoms in total. The van der Waals surface area contributed by atoms with Gasteiger partial charge >= 0.3 is 0 Å². The maximum absolute atomic E-state index is 6.25. The van der Waals surface area contributed by atoms with Gasteiger partial charge < -0.3 is 9.73 Å². The highest BCUT2D eigenvalue weighted by molar-refractivity contribution is 5.85. The van der Waals surface area contributed by atoms with Crippen LogP contribution in [-0.4, -0.2) is 6.54 Å². The Balaban J connectivity index is 2.52. The van der Waals surface area contributed by atoms with Crippen LogP contribution in [0.3, 0.4) is 0 Å². The van der Waals surface area contributed by atoms with Crippen molar-refractivity contribution in [1.82, 2.24) is 5.32 Å². The van der Waals surface area contributed by atoms with Crippen LogP contribution in [0.2, 0.25) is 0 Å². The molecule has 0 saturated heterocycles. The summed E-state index contributed by atoms with van der Waals surface area (Å²) in [6.07, 6.45) is 1.14. The van der Waals surface area contributed by atoms with E-state index < -0.39 is 0 Å². The number of furan rings is 1. The smallest absolute Gasteiger partial charge is 0.138 e. The average molecular weight is 273 g/mol. The van der Waals surface area contributed by atoms with Gasteiger partial charge in [0.1, 0.15) is 11.3 Å². The van der Waals surface area contributed by atoms with E-state index in [2.05, 4.69) is 65.1 Å². The zero-order valence-corrected chi connectivity index (χ0v) is 13.6. The zero-order chi connectivity index (χ0) is 14.9. The largest absolute Gasteiger partial charge is 0.459 e. The summed E-state index contributed by atoms with van der Waals surface area (Å²) < 4.78 is 6.25. The number of hydrogen-bond donors (Lipinski definition) is 1. The Kier molecular flexibility index (Phi) is 4.24. The van der Waals surface area contributed by atoms with Crippen molar-refractivity contribution in [2.45, 2.75) is 59.4 Å². The van der Waals surface area contributed by atoms with Crippen LogP contribution in [0.15, 0.2) is 22.6 Å². The Morgan fingerprint density at radius 2 is 1.95 bits per heavy atom. The maximum atomic E-state index is 6.25. The second-order valence-electron chi connectivity index (χ2n) is 6.70. The molecule has 1 aromatic carbocycles. The molecular formula is C18H27NO. The first-order valence-corrected chi connectivity index (χ1v) is 7.62. The summed E-state index contributed by atoms with van der Waals surface area (Å²) in [4.78, 5) is 0. The topological polar surface area (TPSA) is 25.2 Å². The molecule has 1 N–H and O–H groups in total. The van der Waals surface area contributed by atoms with Crippen LogP contribution < -0.4 is 5.32 Å². The number of fused-ring (bicyclic) bond motifs is 1. The summed E-state index contributed by atoms with van der Waals surface area (Å²) in [5.74, 6) is 1.07. The molecule has 1 unspecified atom stereocenters. The van der Waals surface area contributed by atoms with Crippen molar-refractivity contribution in [3.8, 4) is 0 Å². The van der Waals surface area contributed by atoms with Crippen molar-refractivity contribution in [1.29, 1.82) is 0 Å². The van der Waals surface area contributed by atoms with Crippen LogP contribution >= 0.6 is 0 Å². The molecule has 0 saturated carbocycles. The quantitative estimate of drug-likeness (QED) is 0.838. The second kappa shape index (κ2) is 5.61. The third-order valence-corrected chi connectivity index (χ3v) is 3.90. The molecule has 0 spiro atoms. The minimum Gasteiger partial charge on any atom is -0.459 e. The van der Waals surface area contributed by atoms with Crippen molar-refractivity contribution >= 4 is 11.0 Å². The van der Waals surface area contributed by atoms with Crippen molar-refractivity contribution in [3.05, 3.63) is 35.1 Å². The van der Waals surface area contributed by atoms with Gasteiger partial charge in [-0.15, -0.1) is 0 Å². The minimum absolute atomic E-state index is 0.0984. The van der Waals surface area contributed by atoms with E-state index in [4.69, 9.17) is 4.42 Å². The van der Waals surface area contributed by atoms with Gasteiger partial charge in [-0.25, -0.2) is 0 Å². The minimum atomic E-state index is 0.0984. The first kappa shape index (κ1) is 15.1. The van der Waals surface area contributed by atoms with Crippen LogP contribution in [0.25, 0.3) is 11.0 Å². The van der Waals surface area contributed by atoms with Gasteiger partial charge in [0.2, 0.25) is 0 Å². The normalized spacial score (nSPS) is 13.9. The van der Waals surface area contributed by atoms with Gasteiger partial charge in [-0.1, -0.05) is 45.9 Å². The van der Waals surface area contributed by atoms with Gasteiger partial charge in [-0.05, 0) is 37.8 Å². The lowest BCUT2D eigenvalue weighted by Crippen LogP contribution is -2.19. The predicted molar refractivity (Wildman–Crippen MR) is 86.4 cm³/mol. The molecule has 0 radical (unpaired) electrons. The number of benzene rings is 1. The fourth-order valence-corrected chi connectivity index (χ4v) is 2.72. The second-order valence-corrected chi connectivity index (χ2v) is 6.70. The van der Waals surface area contributed by atoms with Crippen LogP contribution in [0.1, 0.15) is 64.0 Å². The van der Waals surface area contributed by atoms with E-state index >= 15 is 0 Å². The number of nitrogens with one attached hydrogen (secondary N) is 1. The van der Waals surface area contributed by atoms with E-state index in [0.29, 0.717) is 0 Å². The highest BCUT2D eigenvalue weighted by Gasteiger charge is 2.23. The molecule has 20 heavy (non-hydrogen) atoms. The number of para-hydroxylation sites is 1. The van der Waals surface area contributed by atoms with Gasteiger partial charge in [-0.2, -0.15) is 0 Å². The summed E-state index contributed by atoms with van der Waals surface area (Å²) in [5.41, 5.74) is 3.70. The Bertz CT molecular complexity index is 589. The highest BCUT2D eigenvalue weighted by atomic mass is 16.3. The Labute approximate surface area is 122 Å². The molecule has 0 bridgehead atoms. The maximum Gasteiger partial charge on any atom is 0.138 e. The summed E-state index contributed by atoms with van der Waals surface area (Å²) in [5, 5.41) is 4.76. The summed E-state index contributed by atoms with van der Waals surface area (Å²) >= 11 is 0. The van der Waals surface area contributed by atoms with E-state index in [1.165, 1.54) is 16.5 Å².